The first kappa shape index (κ1) is 9.97. The van der Waals surface area contributed by atoms with Gasteiger partial charge in [-0.25, -0.2) is 0 Å². The zero-order chi connectivity index (χ0) is 11.0. The van der Waals surface area contributed by atoms with Crippen LogP contribution in [0.25, 0.3) is 0 Å². The van der Waals surface area contributed by atoms with Gasteiger partial charge in [-0.1, -0.05) is 6.42 Å². The van der Waals surface area contributed by atoms with Crippen LogP contribution in [0, 0.1) is 0 Å². The molecule has 1 aromatic rings. The van der Waals surface area contributed by atoms with Gasteiger partial charge in [-0.3, -0.25) is 0 Å². The second kappa shape index (κ2) is 3.98. The number of aromatic hydroxyl groups is 1. The Morgan fingerprint density at radius 3 is 2.88 bits per heavy atom. The molecule has 1 aromatic carbocycles. The molecule has 1 saturated carbocycles. The van der Waals surface area contributed by atoms with Crippen LogP contribution in [0.15, 0.2) is 18.2 Å². The van der Waals surface area contributed by atoms with Crippen LogP contribution in [0.5, 0.6) is 11.5 Å². The van der Waals surface area contributed by atoms with Gasteiger partial charge in [-0.15, -0.1) is 0 Å². The highest BCUT2D eigenvalue weighted by Crippen LogP contribution is 2.36. The van der Waals surface area contributed by atoms with E-state index in [1.54, 1.807) is 6.07 Å². The van der Waals surface area contributed by atoms with E-state index in [4.69, 9.17) is 4.74 Å². The summed E-state index contributed by atoms with van der Waals surface area (Å²) in [5.41, 5.74) is 1.11. The van der Waals surface area contributed by atoms with Gasteiger partial charge >= 0.3 is 0 Å². The van der Waals surface area contributed by atoms with E-state index < -0.39 is 0 Å². The molecule has 1 heterocycles. The molecule has 3 nitrogen and oxygen atoms in total. The van der Waals surface area contributed by atoms with Crippen LogP contribution in [0.4, 0.5) is 0 Å². The lowest BCUT2D eigenvalue weighted by Crippen LogP contribution is -2.39. The van der Waals surface area contributed by atoms with Gasteiger partial charge in [-0.05, 0) is 31.0 Å². The van der Waals surface area contributed by atoms with E-state index in [0.717, 1.165) is 24.3 Å². The molecule has 1 aliphatic carbocycles. The molecular weight excluding hydrogens is 202 g/mol. The topological polar surface area (TPSA) is 41.5 Å². The van der Waals surface area contributed by atoms with Crippen molar-refractivity contribution in [1.82, 2.24) is 5.32 Å². The first-order valence-corrected chi connectivity index (χ1v) is 6.05. The van der Waals surface area contributed by atoms with Gasteiger partial charge in [0.15, 0.2) is 0 Å². The molecular formula is C13H17NO2. The van der Waals surface area contributed by atoms with Crippen molar-refractivity contribution in [2.24, 2.45) is 0 Å². The van der Waals surface area contributed by atoms with Crippen LogP contribution in [-0.4, -0.2) is 17.8 Å². The highest BCUT2D eigenvalue weighted by atomic mass is 16.5. The van der Waals surface area contributed by atoms with Crippen molar-refractivity contribution < 1.29 is 9.84 Å². The third-order valence-corrected chi connectivity index (χ3v) is 3.57. The molecule has 1 unspecified atom stereocenters. The summed E-state index contributed by atoms with van der Waals surface area (Å²) in [5.74, 6) is 1.24. The second-order valence-electron chi connectivity index (χ2n) is 4.71. The molecule has 2 aliphatic rings. The zero-order valence-corrected chi connectivity index (χ0v) is 9.28. The number of fused-ring (bicyclic) bond motifs is 1. The SMILES string of the molecule is Oc1ccc2c(c1)C(NC1CCC1)CCO2. The molecule has 16 heavy (non-hydrogen) atoms. The summed E-state index contributed by atoms with van der Waals surface area (Å²) < 4.78 is 5.59. The van der Waals surface area contributed by atoms with E-state index in [2.05, 4.69) is 5.32 Å². The largest absolute Gasteiger partial charge is 0.508 e. The third kappa shape index (κ3) is 1.76. The van der Waals surface area contributed by atoms with E-state index >= 15 is 0 Å². The smallest absolute Gasteiger partial charge is 0.124 e. The standard InChI is InChI=1S/C13H17NO2/c15-10-4-5-13-11(8-10)12(6-7-16-13)14-9-2-1-3-9/h4-5,8-9,12,14-15H,1-3,6-7H2. The van der Waals surface area contributed by atoms with E-state index in [1.165, 1.54) is 19.3 Å². The lowest BCUT2D eigenvalue weighted by atomic mass is 9.90. The van der Waals surface area contributed by atoms with Gasteiger partial charge in [-0.2, -0.15) is 0 Å². The maximum atomic E-state index is 9.53. The third-order valence-electron chi connectivity index (χ3n) is 3.57. The Hall–Kier alpha value is -1.22. The minimum absolute atomic E-state index is 0.324. The van der Waals surface area contributed by atoms with Crippen LogP contribution in [0.3, 0.4) is 0 Å². The van der Waals surface area contributed by atoms with Gasteiger partial charge in [0.05, 0.1) is 6.61 Å². The van der Waals surface area contributed by atoms with Gasteiger partial charge in [0, 0.05) is 24.1 Å². The Balaban J connectivity index is 1.83. The van der Waals surface area contributed by atoms with Gasteiger partial charge in [0.2, 0.25) is 0 Å². The first-order valence-electron chi connectivity index (χ1n) is 6.05. The minimum atomic E-state index is 0.324. The molecule has 1 atom stereocenters. The number of hydrogen-bond donors (Lipinski definition) is 2. The predicted molar refractivity (Wildman–Crippen MR) is 61.7 cm³/mol. The molecule has 86 valence electrons. The van der Waals surface area contributed by atoms with Crippen molar-refractivity contribution in [2.75, 3.05) is 6.61 Å². The maximum Gasteiger partial charge on any atom is 0.124 e. The summed E-state index contributed by atoms with van der Waals surface area (Å²) in [5, 5.41) is 13.2. The Morgan fingerprint density at radius 2 is 2.12 bits per heavy atom. The molecule has 0 aromatic heterocycles. The number of phenols is 1. The summed E-state index contributed by atoms with van der Waals surface area (Å²) in [4.78, 5) is 0. The van der Waals surface area contributed by atoms with E-state index in [9.17, 15) is 5.11 Å². The van der Waals surface area contributed by atoms with Crippen molar-refractivity contribution in [2.45, 2.75) is 37.8 Å². The Morgan fingerprint density at radius 1 is 1.25 bits per heavy atom. The molecule has 0 radical (unpaired) electrons. The summed E-state index contributed by atoms with van der Waals surface area (Å²) in [6.07, 6.45) is 4.90. The number of benzene rings is 1. The monoisotopic (exact) mass is 219 g/mol. The lowest BCUT2D eigenvalue weighted by Gasteiger charge is -2.34. The quantitative estimate of drug-likeness (QED) is 0.802. The van der Waals surface area contributed by atoms with Crippen molar-refractivity contribution in [3.05, 3.63) is 23.8 Å². The first-order chi connectivity index (χ1) is 7.83. The molecule has 2 N–H and O–H groups in total. The van der Waals surface area contributed by atoms with Crippen LogP contribution < -0.4 is 10.1 Å². The molecule has 3 rings (SSSR count). The number of rotatable bonds is 2. The average molecular weight is 219 g/mol. The average Bonchev–Trinajstić information content (AvgIpc) is 2.23. The van der Waals surface area contributed by atoms with Crippen molar-refractivity contribution >= 4 is 0 Å². The van der Waals surface area contributed by atoms with Crippen molar-refractivity contribution in [1.29, 1.82) is 0 Å². The Bertz CT molecular complexity index is 388. The van der Waals surface area contributed by atoms with E-state index in [-0.39, 0.29) is 0 Å². The number of hydrogen-bond acceptors (Lipinski definition) is 3. The van der Waals surface area contributed by atoms with Gasteiger partial charge < -0.3 is 15.2 Å². The van der Waals surface area contributed by atoms with Crippen molar-refractivity contribution in [3.8, 4) is 11.5 Å². The fraction of sp³-hybridized carbons (Fsp3) is 0.538. The van der Waals surface area contributed by atoms with Crippen LogP contribution in [-0.2, 0) is 0 Å². The fourth-order valence-electron chi connectivity index (χ4n) is 2.41. The Labute approximate surface area is 95.4 Å². The minimum Gasteiger partial charge on any atom is -0.508 e. The highest BCUT2D eigenvalue weighted by Gasteiger charge is 2.26. The molecule has 0 amide bonds. The lowest BCUT2D eigenvalue weighted by molar-refractivity contribution is 0.222. The van der Waals surface area contributed by atoms with E-state index in [0.29, 0.717) is 17.8 Å². The number of ether oxygens (including phenoxy) is 1. The summed E-state index contributed by atoms with van der Waals surface area (Å²) in [6.45, 7) is 0.766. The fourth-order valence-corrected chi connectivity index (χ4v) is 2.41. The summed E-state index contributed by atoms with van der Waals surface area (Å²) >= 11 is 0. The predicted octanol–water partition coefficient (Wildman–Crippen LogP) is 2.36. The van der Waals surface area contributed by atoms with Crippen LogP contribution in [0.1, 0.15) is 37.3 Å². The summed E-state index contributed by atoms with van der Waals surface area (Å²) in [7, 11) is 0. The van der Waals surface area contributed by atoms with E-state index in [1.807, 2.05) is 12.1 Å². The second-order valence-corrected chi connectivity index (χ2v) is 4.71. The summed E-state index contributed by atoms with van der Waals surface area (Å²) in [6, 6.07) is 6.38. The number of nitrogens with one attached hydrogen (secondary N) is 1. The van der Waals surface area contributed by atoms with Gasteiger partial charge in [0.25, 0.3) is 0 Å². The normalized spacial score (nSPS) is 24.4. The number of phenolic OH excluding ortho intramolecular Hbond substituents is 1. The van der Waals surface area contributed by atoms with Crippen LogP contribution in [0.2, 0.25) is 0 Å². The maximum absolute atomic E-state index is 9.53. The Kier molecular flexibility index (Phi) is 2.48. The molecule has 1 fully saturated rings. The zero-order valence-electron chi connectivity index (χ0n) is 9.28. The molecule has 0 saturated heterocycles. The highest BCUT2D eigenvalue weighted by molar-refractivity contribution is 5.42. The molecule has 0 spiro atoms. The van der Waals surface area contributed by atoms with Crippen LogP contribution >= 0.6 is 0 Å². The van der Waals surface area contributed by atoms with Crippen molar-refractivity contribution in [3.63, 3.8) is 0 Å². The molecule has 3 heteroatoms. The van der Waals surface area contributed by atoms with Gasteiger partial charge in [0.1, 0.15) is 11.5 Å². The molecule has 0 bridgehead atoms. The molecule has 1 aliphatic heterocycles.